The first-order valence-electron chi connectivity index (χ1n) is 11.8. The molecule has 39 heavy (non-hydrogen) atoms. The van der Waals surface area contributed by atoms with Crippen LogP contribution in [-0.2, 0) is 6.18 Å². The Balaban J connectivity index is 1.27. The molecule has 0 radical (unpaired) electrons. The number of amides is 2. The first kappa shape index (κ1) is 25.9. The normalized spacial score (nSPS) is 13.9. The Labute approximate surface area is 218 Å². The topological polar surface area (TPSA) is 95.6 Å². The highest BCUT2D eigenvalue weighted by atomic mass is 19.4. The molecule has 200 valence electrons. The molecular weight excluding hydrogens is 520 g/mol. The van der Waals surface area contributed by atoms with E-state index in [9.17, 15) is 31.9 Å². The average Bonchev–Trinajstić information content (AvgIpc) is 2.94. The number of carbonyl (C=O) groups is 2. The molecule has 1 aromatic heterocycles. The molecule has 2 heterocycles. The van der Waals surface area contributed by atoms with E-state index >= 15 is 0 Å². The third-order valence-electron chi connectivity index (χ3n) is 6.36. The molecule has 1 fully saturated rings. The first-order chi connectivity index (χ1) is 18.6. The predicted molar refractivity (Wildman–Crippen MR) is 132 cm³/mol. The zero-order valence-electron chi connectivity index (χ0n) is 20.2. The van der Waals surface area contributed by atoms with Gasteiger partial charge in [0, 0.05) is 31.7 Å². The molecule has 8 nitrogen and oxygen atoms in total. The Morgan fingerprint density at radius 1 is 0.846 bits per heavy atom. The van der Waals surface area contributed by atoms with E-state index in [4.69, 9.17) is 4.74 Å². The van der Waals surface area contributed by atoms with Crippen molar-refractivity contribution in [3.8, 4) is 11.6 Å². The number of nitrogens with zero attached hydrogens (tertiary/aromatic N) is 3. The summed E-state index contributed by atoms with van der Waals surface area (Å²) < 4.78 is 58.8. The number of carbonyl (C=O) groups excluding carboxylic acids is 2. The first-order valence-corrected chi connectivity index (χ1v) is 11.8. The lowest BCUT2D eigenvalue weighted by molar-refractivity contribution is -0.137. The van der Waals surface area contributed by atoms with E-state index < -0.39 is 34.9 Å². The van der Waals surface area contributed by atoms with Gasteiger partial charge in [0.25, 0.3) is 17.4 Å². The Morgan fingerprint density at radius 2 is 1.46 bits per heavy atom. The molecule has 1 saturated heterocycles. The SMILES string of the molecule is O=C(c1ccc(C(F)(F)F)cc1)N1CCN(C(=O)c2cc(Oc3n[nH]c(=O)c4ccccc34)ccc2F)CC1. The largest absolute Gasteiger partial charge is 0.437 e. The number of fused-ring (bicyclic) bond motifs is 1. The fraction of sp³-hybridized carbons (Fsp3) is 0.185. The zero-order valence-corrected chi connectivity index (χ0v) is 20.2. The fourth-order valence-electron chi connectivity index (χ4n) is 4.28. The predicted octanol–water partition coefficient (Wildman–Crippen LogP) is 4.47. The van der Waals surface area contributed by atoms with Gasteiger partial charge in [0.2, 0.25) is 5.88 Å². The van der Waals surface area contributed by atoms with Gasteiger partial charge in [-0.05, 0) is 54.6 Å². The van der Waals surface area contributed by atoms with Crippen LogP contribution in [0.4, 0.5) is 17.6 Å². The molecule has 2 amide bonds. The van der Waals surface area contributed by atoms with Crippen molar-refractivity contribution < 1.29 is 31.9 Å². The summed E-state index contributed by atoms with van der Waals surface area (Å²) in [7, 11) is 0. The van der Waals surface area contributed by atoms with Crippen LogP contribution in [0.2, 0.25) is 0 Å². The number of piperazine rings is 1. The van der Waals surface area contributed by atoms with Crippen LogP contribution in [0.3, 0.4) is 0 Å². The summed E-state index contributed by atoms with van der Waals surface area (Å²) in [5, 5.41) is 7.04. The van der Waals surface area contributed by atoms with Gasteiger partial charge in [-0.25, -0.2) is 9.49 Å². The Hall–Kier alpha value is -4.74. The van der Waals surface area contributed by atoms with Crippen molar-refractivity contribution in [1.29, 1.82) is 0 Å². The van der Waals surface area contributed by atoms with Gasteiger partial charge in [-0.2, -0.15) is 13.2 Å². The summed E-state index contributed by atoms with van der Waals surface area (Å²) in [6.07, 6.45) is -4.50. The lowest BCUT2D eigenvalue weighted by atomic mass is 10.1. The van der Waals surface area contributed by atoms with Crippen LogP contribution in [0.25, 0.3) is 10.8 Å². The molecule has 0 saturated carbocycles. The molecule has 12 heteroatoms. The van der Waals surface area contributed by atoms with Gasteiger partial charge in [0.05, 0.1) is 21.9 Å². The standard InChI is InChI=1S/C27H20F4N4O4/c28-22-10-9-18(39-24-20-4-2-1-3-19(20)23(36)32-33-24)15-21(22)26(38)35-13-11-34(12-14-35)25(37)16-5-7-17(8-6-16)27(29,30)31/h1-10,15H,11-14H2,(H,32,36). The lowest BCUT2D eigenvalue weighted by Gasteiger charge is -2.35. The number of aromatic amines is 1. The van der Waals surface area contributed by atoms with E-state index in [1.54, 1.807) is 24.3 Å². The maximum atomic E-state index is 14.7. The highest BCUT2D eigenvalue weighted by molar-refractivity contribution is 5.96. The van der Waals surface area contributed by atoms with Gasteiger partial charge in [0.1, 0.15) is 11.6 Å². The van der Waals surface area contributed by atoms with Crippen molar-refractivity contribution >= 4 is 22.6 Å². The molecule has 0 spiro atoms. The highest BCUT2D eigenvalue weighted by Crippen LogP contribution is 2.30. The maximum absolute atomic E-state index is 14.7. The number of hydrogen-bond donors (Lipinski definition) is 1. The number of halogens is 4. The van der Waals surface area contributed by atoms with E-state index in [0.29, 0.717) is 10.8 Å². The van der Waals surface area contributed by atoms with Crippen molar-refractivity contribution in [1.82, 2.24) is 20.0 Å². The van der Waals surface area contributed by atoms with Crippen molar-refractivity contribution in [3.63, 3.8) is 0 Å². The van der Waals surface area contributed by atoms with E-state index in [1.807, 2.05) is 0 Å². The number of aromatic nitrogens is 2. The second-order valence-corrected chi connectivity index (χ2v) is 8.81. The van der Waals surface area contributed by atoms with Crippen LogP contribution >= 0.6 is 0 Å². The van der Waals surface area contributed by atoms with E-state index in [0.717, 1.165) is 30.3 Å². The quantitative estimate of drug-likeness (QED) is 0.386. The Kier molecular flexibility index (Phi) is 6.77. The third kappa shape index (κ3) is 5.31. The summed E-state index contributed by atoms with van der Waals surface area (Å²) in [6.45, 7) is 0.442. The Morgan fingerprint density at radius 3 is 2.10 bits per heavy atom. The van der Waals surface area contributed by atoms with Crippen LogP contribution < -0.4 is 10.3 Å². The molecule has 5 rings (SSSR count). The van der Waals surface area contributed by atoms with Crippen molar-refractivity contribution in [2.75, 3.05) is 26.2 Å². The van der Waals surface area contributed by atoms with Crippen LogP contribution in [0, 0.1) is 5.82 Å². The van der Waals surface area contributed by atoms with Crippen molar-refractivity contribution in [2.24, 2.45) is 0 Å². The third-order valence-corrected chi connectivity index (χ3v) is 6.36. The molecule has 1 N–H and O–H groups in total. The molecule has 0 unspecified atom stereocenters. The van der Waals surface area contributed by atoms with Crippen LogP contribution in [0.5, 0.6) is 11.6 Å². The second kappa shape index (κ2) is 10.2. The lowest BCUT2D eigenvalue weighted by Crippen LogP contribution is -2.50. The maximum Gasteiger partial charge on any atom is 0.416 e. The van der Waals surface area contributed by atoms with Crippen molar-refractivity contribution in [2.45, 2.75) is 6.18 Å². The summed E-state index contributed by atoms with van der Waals surface area (Å²) >= 11 is 0. The monoisotopic (exact) mass is 540 g/mol. The highest BCUT2D eigenvalue weighted by Gasteiger charge is 2.31. The molecule has 4 aromatic rings. The number of alkyl halides is 3. The summed E-state index contributed by atoms with van der Waals surface area (Å²) in [4.78, 5) is 40.7. The molecule has 0 atom stereocenters. The molecule has 1 aliphatic heterocycles. The van der Waals surface area contributed by atoms with E-state index in [2.05, 4.69) is 10.2 Å². The van der Waals surface area contributed by atoms with Gasteiger partial charge < -0.3 is 14.5 Å². The molecular formula is C27H20F4N4O4. The summed E-state index contributed by atoms with van der Waals surface area (Å²) in [6, 6.07) is 14.2. The number of hydrogen-bond acceptors (Lipinski definition) is 5. The van der Waals surface area contributed by atoms with E-state index in [1.165, 1.54) is 21.9 Å². The van der Waals surface area contributed by atoms with Crippen LogP contribution in [-0.4, -0.2) is 58.0 Å². The minimum absolute atomic E-state index is 0.0746. The van der Waals surface area contributed by atoms with Gasteiger partial charge in [0.15, 0.2) is 0 Å². The molecule has 1 aliphatic rings. The average molecular weight is 540 g/mol. The smallest absolute Gasteiger partial charge is 0.416 e. The van der Waals surface area contributed by atoms with Crippen molar-refractivity contribution in [3.05, 3.63) is 99.6 Å². The van der Waals surface area contributed by atoms with Crippen LogP contribution in [0.1, 0.15) is 26.3 Å². The second-order valence-electron chi connectivity index (χ2n) is 8.81. The number of ether oxygens (including phenoxy) is 1. The van der Waals surface area contributed by atoms with Gasteiger partial charge in [-0.15, -0.1) is 5.10 Å². The summed E-state index contributed by atoms with van der Waals surface area (Å²) in [5.41, 5.74) is -1.40. The molecule has 0 aliphatic carbocycles. The Bertz CT molecular complexity index is 1610. The van der Waals surface area contributed by atoms with Crippen LogP contribution in [0.15, 0.2) is 71.5 Å². The minimum atomic E-state index is -4.50. The van der Waals surface area contributed by atoms with Gasteiger partial charge in [-0.1, -0.05) is 12.1 Å². The van der Waals surface area contributed by atoms with Gasteiger partial charge >= 0.3 is 6.18 Å². The zero-order chi connectivity index (χ0) is 27.7. The fourth-order valence-corrected chi connectivity index (χ4v) is 4.28. The number of rotatable bonds is 4. The number of H-pyrrole nitrogens is 1. The molecule has 3 aromatic carbocycles. The minimum Gasteiger partial charge on any atom is -0.437 e. The number of benzene rings is 3. The van der Waals surface area contributed by atoms with E-state index in [-0.39, 0.29) is 48.9 Å². The van der Waals surface area contributed by atoms with Gasteiger partial charge in [-0.3, -0.25) is 14.4 Å². The molecule has 0 bridgehead atoms. The number of nitrogens with one attached hydrogen (secondary N) is 1. The summed E-state index contributed by atoms with van der Waals surface area (Å²) in [5.74, 6) is -1.64.